The van der Waals surface area contributed by atoms with Crippen LogP contribution < -0.4 is 67.5 Å². The first-order valence-corrected chi connectivity index (χ1v) is 30.5. The van der Waals surface area contributed by atoms with Crippen molar-refractivity contribution in [2.75, 3.05) is 106 Å². The number of guanidine groups is 4. The molecule has 5 aromatic rings. The van der Waals surface area contributed by atoms with Gasteiger partial charge in [-0.25, -0.2) is 33.7 Å². The first-order valence-electron chi connectivity index (χ1n) is 24.8. The van der Waals surface area contributed by atoms with E-state index in [1.54, 1.807) is 12.1 Å². The van der Waals surface area contributed by atoms with Crippen LogP contribution in [0.25, 0.3) is 44.5 Å². The summed E-state index contributed by atoms with van der Waals surface area (Å²) in [6, 6.07) is 22.9. The Kier molecular flexibility index (Phi) is 35.6. The van der Waals surface area contributed by atoms with Gasteiger partial charge in [0.1, 0.15) is 40.5 Å². The van der Waals surface area contributed by atoms with E-state index in [4.69, 9.17) is 37.9 Å². The third-order valence-corrected chi connectivity index (χ3v) is 13.3. The standard InChI is InChI=1S/C30H22O12S4.4C4H8O2.4CH5N3/c31-43(32,33)23-9-1-19(2-10-23)27-17-29(21-5-13-25(14-6-21)45(37,38)39)30(22-7-15-26(16-8-22)46(40,41)42)18-28(27)20-3-11-24(12-4-20)44(34,35)36;4*1-2-6-4-3-5-1;4*2-1(3)4/h1-18H,(H,31,32,33)(H,34,35,36)(H,37,38,39)(H,40,41,42);4*1-4H2;4*(H5,2,3,4). The zero-order chi connectivity index (χ0) is 64.9. The van der Waals surface area contributed by atoms with Crippen molar-refractivity contribution in [3.05, 3.63) is 109 Å². The second kappa shape index (κ2) is 40.0. The minimum atomic E-state index is -4.78. The highest BCUT2D eigenvalue weighted by Gasteiger charge is 2.18. The van der Waals surface area contributed by atoms with Gasteiger partial charge in [-0.3, -0.25) is 67.5 Å². The van der Waals surface area contributed by atoms with Crippen molar-refractivity contribution in [1.29, 1.82) is 0 Å². The van der Waals surface area contributed by atoms with E-state index < -0.39 is 60.1 Å². The molecule has 4 aliphatic rings. The first kappa shape index (κ1) is 76.5. The molecule has 0 unspecified atom stereocenters. The molecule has 4 heterocycles. The number of nitrogens with two attached hydrogens (primary N) is 12. The maximum atomic E-state index is 11.6. The van der Waals surface area contributed by atoms with Gasteiger partial charge in [-0.15, -0.1) is 0 Å². The molecule has 4 saturated heterocycles. The van der Waals surface area contributed by atoms with Crippen molar-refractivity contribution in [3.63, 3.8) is 0 Å². The lowest BCUT2D eigenvalue weighted by Gasteiger charge is -2.20. The molecular weight excluding hydrogens is 1220 g/mol. The van der Waals surface area contributed by atoms with Gasteiger partial charge >= 0.3 is 23.8 Å². The minimum absolute atomic E-state index is 0.0833. The lowest BCUT2D eigenvalue weighted by atomic mass is 9.85. The summed E-state index contributed by atoms with van der Waals surface area (Å²) in [4.78, 5) is -1.99. The van der Waals surface area contributed by atoms with Crippen LogP contribution in [0.15, 0.2) is 129 Å². The SMILES string of the molecule is C1COCCO1.C1COCCO1.C1COCCO1.C1COCCO1.NC(N)=[NH2+].NC(N)=[NH2+].NC(N)=[NH2+].NC(N)=[NH2+].O=S(=O)([O-])c1ccc(-c2cc(-c3ccc(S(=O)(=O)[O-])cc3)c(-c3ccc(S(=O)(=O)[O-])cc3)cc2-c2ccc(S(=O)(=O)[O-])cc2)cc1. The summed E-state index contributed by atoms with van der Waals surface area (Å²) < 4.78 is 178. The summed E-state index contributed by atoms with van der Waals surface area (Å²) in [5.74, 6) is -0.333. The van der Waals surface area contributed by atoms with Gasteiger partial charge in [0.2, 0.25) is 0 Å². The molecule has 36 heteroatoms. The number of rotatable bonds is 8. The molecular formula is C50H74N12O20S4. The van der Waals surface area contributed by atoms with E-state index in [2.05, 4.69) is 67.5 Å². The number of benzene rings is 5. The zero-order valence-electron chi connectivity index (χ0n) is 46.4. The molecule has 0 saturated carbocycles. The van der Waals surface area contributed by atoms with Crippen LogP contribution in [0.5, 0.6) is 0 Å². The Labute approximate surface area is 498 Å². The Morgan fingerprint density at radius 1 is 0.267 bits per heavy atom. The Balaban J connectivity index is 0.000000729. The van der Waals surface area contributed by atoms with E-state index in [0.717, 1.165) is 154 Å². The molecule has 0 aliphatic carbocycles. The van der Waals surface area contributed by atoms with Crippen molar-refractivity contribution in [1.82, 2.24) is 0 Å². The molecule has 9 rings (SSSR count). The van der Waals surface area contributed by atoms with Crippen LogP contribution in [0.3, 0.4) is 0 Å². The van der Waals surface area contributed by atoms with Crippen LogP contribution in [0.2, 0.25) is 0 Å². The Morgan fingerprint density at radius 2 is 0.372 bits per heavy atom. The Bertz CT molecular complexity index is 2820. The lowest BCUT2D eigenvalue weighted by Crippen LogP contribution is -2.51. The fraction of sp³-hybridized carbons (Fsp3) is 0.320. The molecule has 0 atom stereocenters. The van der Waals surface area contributed by atoms with Gasteiger partial charge in [0.15, 0.2) is 0 Å². The Morgan fingerprint density at radius 3 is 0.453 bits per heavy atom. The average molecular weight is 1290 g/mol. The highest BCUT2D eigenvalue weighted by Crippen LogP contribution is 2.43. The van der Waals surface area contributed by atoms with Crippen LogP contribution in [-0.2, 0) is 78.4 Å². The van der Waals surface area contributed by atoms with Gasteiger partial charge < -0.3 is 56.1 Å². The van der Waals surface area contributed by atoms with Crippen LogP contribution in [0.1, 0.15) is 0 Å². The molecule has 4 aliphatic heterocycles. The highest BCUT2D eigenvalue weighted by atomic mass is 32.2. The van der Waals surface area contributed by atoms with Crippen LogP contribution in [0.4, 0.5) is 0 Å². The second-order valence-electron chi connectivity index (χ2n) is 16.8. The van der Waals surface area contributed by atoms with E-state index in [1.807, 2.05) is 0 Å². The second-order valence-corrected chi connectivity index (χ2v) is 22.3. The summed E-state index contributed by atoms with van der Waals surface area (Å²) in [7, 11) is -19.1. The van der Waals surface area contributed by atoms with Crippen LogP contribution in [-0.4, -0.2) is 181 Å². The van der Waals surface area contributed by atoms with Crippen molar-refractivity contribution in [2.45, 2.75) is 19.6 Å². The fourth-order valence-corrected chi connectivity index (χ4v) is 8.40. The van der Waals surface area contributed by atoms with Gasteiger partial charge in [0, 0.05) is 0 Å². The zero-order valence-corrected chi connectivity index (χ0v) is 49.7. The molecule has 32 nitrogen and oxygen atoms in total. The van der Waals surface area contributed by atoms with E-state index in [9.17, 15) is 51.9 Å². The molecule has 0 amide bonds. The third kappa shape index (κ3) is 34.5. The summed E-state index contributed by atoms with van der Waals surface area (Å²) in [6.07, 6.45) is 0. The molecule has 0 spiro atoms. The van der Waals surface area contributed by atoms with E-state index in [1.165, 1.54) is 48.5 Å². The van der Waals surface area contributed by atoms with Crippen molar-refractivity contribution in [2.24, 2.45) is 45.9 Å². The molecule has 0 aromatic heterocycles. The Hall–Kier alpha value is -7.50. The van der Waals surface area contributed by atoms with Crippen LogP contribution in [0, 0.1) is 0 Å². The van der Waals surface area contributed by atoms with Gasteiger partial charge in [-0.05, 0) is 105 Å². The average Bonchev–Trinajstić information content (AvgIpc) is 2.40. The third-order valence-electron chi connectivity index (χ3n) is 9.95. The number of ether oxygens (including phenoxy) is 8. The van der Waals surface area contributed by atoms with Crippen molar-refractivity contribution in [3.8, 4) is 44.5 Å². The van der Waals surface area contributed by atoms with Gasteiger partial charge in [0.25, 0.3) is 0 Å². The fourth-order valence-electron chi connectivity index (χ4n) is 6.52. The molecule has 4 fully saturated rings. The largest absolute Gasteiger partial charge is 0.744 e. The number of hydrogen-bond donors (Lipinski definition) is 12. The van der Waals surface area contributed by atoms with E-state index >= 15 is 0 Å². The van der Waals surface area contributed by atoms with Crippen LogP contribution >= 0.6 is 0 Å². The predicted molar refractivity (Wildman–Crippen MR) is 308 cm³/mol. The summed E-state index contributed by atoms with van der Waals surface area (Å²) >= 11 is 0. The maximum Gasteiger partial charge on any atom is 0.336 e. The molecule has 478 valence electrons. The molecule has 86 heavy (non-hydrogen) atoms. The predicted octanol–water partition coefficient (Wildman–Crippen LogP) is -7.82. The van der Waals surface area contributed by atoms with E-state index in [-0.39, 0.29) is 23.8 Å². The minimum Gasteiger partial charge on any atom is -0.744 e. The van der Waals surface area contributed by atoms with Gasteiger partial charge in [-0.1, -0.05) is 48.5 Å². The van der Waals surface area contributed by atoms with Gasteiger partial charge in [-0.2, -0.15) is 0 Å². The summed E-state index contributed by atoms with van der Waals surface area (Å²) in [6.45, 7) is 12.4. The normalized spacial score (nSPS) is 14.6. The lowest BCUT2D eigenvalue weighted by molar-refractivity contribution is -0.117. The highest BCUT2D eigenvalue weighted by molar-refractivity contribution is 7.86. The monoisotopic (exact) mass is 1290 g/mol. The number of hydrogen-bond acceptors (Lipinski definition) is 20. The quantitative estimate of drug-likeness (QED) is 0.0390. The first-order chi connectivity index (χ1) is 40.2. The maximum absolute atomic E-state index is 11.6. The topological polar surface area (TPSA) is 613 Å². The molecule has 0 radical (unpaired) electrons. The smallest absolute Gasteiger partial charge is 0.336 e. The van der Waals surface area contributed by atoms with Crippen molar-refractivity contribution < 1.29 is 111 Å². The van der Waals surface area contributed by atoms with E-state index in [0.29, 0.717) is 44.5 Å². The molecule has 24 N–H and O–H groups in total. The molecule has 5 aromatic carbocycles. The summed E-state index contributed by atoms with van der Waals surface area (Å²) in [5, 5.41) is 18.3. The van der Waals surface area contributed by atoms with Crippen molar-refractivity contribution >= 4 is 64.3 Å². The molecule has 0 bridgehead atoms. The van der Waals surface area contributed by atoms with Gasteiger partial charge in [0.05, 0.1) is 125 Å². The summed E-state index contributed by atoms with van der Waals surface area (Å²) in [5.41, 5.74) is 39.9.